The topological polar surface area (TPSA) is 37.8 Å². The number of hydrogen-bond donors (Lipinski definition) is 1. The van der Waals surface area contributed by atoms with Crippen molar-refractivity contribution in [2.24, 2.45) is 0 Å². The van der Waals surface area contributed by atoms with Crippen molar-refractivity contribution in [3.63, 3.8) is 0 Å². The molecule has 0 aliphatic carbocycles. The molecule has 0 aliphatic rings. The van der Waals surface area contributed by atoms with Gasteiger partial charge in [0, 0.05) is 6.54 Å². The zero-order chi connectivity index (χ0) is 6.53. The molecule has 0 unspecified atom stereocenters. The average Bonchev–Trinajstić information content (AvgIpc) is 1.91. The van der Waals surface area contributed by atoms with Crippen molar-refractivity contribution in [2.45, 2.75) is 6.92 Å². The summed E-state index contributed by atoms with van der Waals surface area (Å²) in [5, 5.41) is 10.4. The van der Waals surface area contributed by atoms with Gasteiger partial charge in [-0.1, -0.05) is 0 Å². The van der Waals surface area contributed by atoms with Crippen LogP contribution in [0.3, 0.4) is 0 Å². The lowest BCUT2D eigenvalue weighted by atomic mass is 10.5. The number of aromatic nitrogens is 2. The van der Waals surface area contributed by atoms with Gasteiger partial charge in [0.2, 0.25) is 0 Å². The molecular formula is C6H9N3. The molecule has 0 aliphatic heterocycles. The van der Waals surface area contributed by atoms with E-state index >= 15 is 0 Å². The second-order valence-electron chi connectivity index (χ2n) is 1.66. The van der Waals surface area contributed by atoms with Crippen molar-refractivity contribution in [2.75, 3.05) is 11.9 Å². The first kappa shape index (κ1) is 6.01. The molecule has 0 saturated heterocycles. The maximum atomic E-state index is 3.69. The van der Waals surface area contributed by atoms with E-state index in [2.05, 4.69) is 15.5 Å². The molecule has 0 radical (unpaired) electrons. The van der Waals surface area contributed by atoms with Crippen LogP contribution in [-0.2, 0) is 0 Å². The van der Waals surface area contributed by atoms with Gasteiger partial charge in [-0.05, 0) is 13.0 Å². The van der Waals surface area contributed by atoms with Crippen LogP contribution in [0.2, 0.25) is 0 Å². The van der Waals surface area contributed by atoms with Crippen LogP contribution >= 0.6 is 0 Å². The Kier molecular flexibility index (Phi) is 2.01. The summed E-state index contributed by atoms with van der Waals surface area (Å²) in [5.41, 5.74) is 1.02. The van der Waals surface area contributed by atoms with E-state index in [9.17, 15) is 0 Å². The minimum Gasteiger partial charge on any atom is -0.384 e. The molecule has 1 aromatic heterocycles. The van der Waals surface area contributed by atoms with E-state index in [0.717, 1.165) is 12.2 Å². The van der Waals surface area contributed by atoms with Crippen molar-refractivity contribution in [3.05, 3.63) is 18.5 Å². The quantitative estimate of drug-likeness (QED) is 0.635. The Labute approximate surface area is 54.1 Å². The van der Waals surface area contributed by atoms with Gasteiger partial charge >= 0.3 is 0 Å². The lowest BCUT2D eigenvalue weighted by Gasteiger charge is -1.97. The summed E-state index contributed by atoms with van der Waals surface area (Å²) in [6.07, 6.45) is 3.36. The van der Waals surface area contributed by atoms with Crippen LogP contribution in [0.25, 0.3) is 0 Å². The molecule has 1 heterocycles. The summed E-state index contributed by atoms with van der Waals surface area (Å²) in [5.74, 6) is 0. The van der Waals surface area contributed by atoms with Crippen molar-refractivity contribution in [3.8, 4) is 0 Å². The van der Waals surface area contributed by atoms with E-state index in [-0.39, 0.29) is 0 Å². The van der Waals surface area contributed by atoms with Gasteiger partial charge in [-0.2, -0.15) is 10.2 Å². The predicted molar refractivity (Wildman–Crippen MR) is 36.2 cm³/mol. The fourth-order valence-electron chi connectivity index (χ4n) is 0.599. The Morgan fingerprint density at radius 2 is 2.44 bits per heavy atom. The van der Waals surface area contributed by atoms with Crippen LogP contribution in [0.4, 0.5) is 5.69 Å². The number of nitrogens with zero attached hydrogens (tertiary/aromatic N) is 2. The fraction of sp³-hybridized carbons (Fsp3) is 0.333. The van der Waals surface area contributed by atoms with Gasteiger partial charge in [0.05, 0.1) is 18.1 Å². The molecule has 0 aromatic carbocycles. The number of hydrogen-bond acceptors (Lipinski definition) is 3. The molecule has 48 valence electrons. The minimum atomic E-state index is 0.922. The van der Waals surface area contributed by atoms with Gasteiger partial charge in [0.15, 0.2) is 0 Å². The Hall–Kier alpha value is -1.12. The van der Waals surface area contributed by atoms with Crippen LogP contribution in [-0.4, -0.2) is 16.7 Å². The molecule has 1 N–H and O–H groups in total. The van der Waals surface area contributed by atoms with Crippen LogP contribution in [0.1, 0.15) is 6.92 Å². The van der Waals surface area contributed by atoms with Gasteiger partial charge in [-0.15, -0.1) is 0 Å². The second kappa shape index (κ2) is 3.02. The molecule has 3 heteroatoms. The van der Waals surface area contributed by atoms with E-state index in [0.29, 0.717) is 0 Å². The molecule has 0 saturated carbocycles. The molecule has 1 aromatic rings. The van der Waals surface area contributed by atoms with Crippen molar-refractivity contribution in [1.29, 1.82) is 0 Å². The number of rotatable bonds is 2. The van der Waals surface area contributed by atoms with E-state index in [1.54, 1.807) is 12.4 Å². The third kappa shape index (κ3) is 1.68. The predicted octanol–water partition coefficient (Wildman–Crippen LogP) is 0.908. The first-order valence-electron chi connectivity index (χ1n) is 2.94. The third-order valence-corrected chi connectivity index (χ3v) is 0.965. The van der Waals surface area contributed by atoms with Crippen LogP contribution in [0.15, 0.2) is 18.5 Å². The maximum absolute atomic E-state index is 3.69. The molecule has 0 spiro atoms. The van der Waals surface area contributed by atoms with E-state index in [1.807, 2.05) is 13.0 Å². The molecule has 9 heavy (non-hydrogen) atoms. The Morgan fingerprint density at radius 3 is 3.00 bits per heavy atom. The fourth-order valence-corrected chi connectivity index (χ4v) is 0.599. The summed E-state index contributed by atoms with van der Waals surface area (Å²) in [7, 11) is 0. The lowest BCUT2D eigenvalue weighted by Crippen LogP contribution is -1.96. The van der Waals surface area contributed by atoms with Gasteiger partial charge in [0.1, 0.15) is 0 Å². The minimum absolute atomic E-state index is 0.922. The summed E-state index contributed by atoms with van der Waals surface area (Å²) in [4.78, 5) is 0. The third-order valence-electron chi connectivity index (χ3n) is 0.965. The summed E-state index contributed by atoms with van der Waals surface area (Å²) >= 11 is 0. The highest BCUT2D eigenvalue weighted by atomic mass is 15.1. The van der Waals surface area contributed by atoms with E-state index < -0.39 is 0 Å². The summed E-state index contributed by atoms with van der Waals surface area (Å²) in [6.45, 7) is 2.96. The molecular weight excluding hydrogens is 114 g/mol. The Morgan fingerprint density at radius 1 is 1.56 bits per heavy atom. The zero-order valence-electron chi connectivity index (χ0n) is 5.33. The summed E-state index contributed by atoms with van der Waals surface area (Å²) < 4.78 is 0. The first-order valence-corrected chi connectivity index (χ1v) is 2.94. The molecule has 1 rings (SSSR count). The molecule has 0 fully saturated rings. The molecule has 0 atom stereocenters. The largest absolute Gasteiger partial charge is 0.384 e. The highest BCUT2D eigenvalue weighted by Gasteiger charge is 1.83. The molecule has 3 nitrogen and oxygen atoms in total. The maximum Gasteiger partial charge on any atom is 0.0727 e. The van der Waals surface area contributed by atoms with Gasteiger partial charge in [-0.25, -0.2) is 0 Å². The number of anilines is 1. The summed E-state index contributed by atoms with van der Waals surface area (Å²) in [6, 6.07) is 1.89. The molecule has 0 bridgehead atoms. The lowest BCUT2D eigenvalue weighted by molar-refractivity contribution is 1.02. The Balaban J connectivity index is 2.61. The zero-order valence-corrected chi connectivity index (χ0v) is 5.33. The van der Waals surface area contributed by atoms with E-state index in [1.165, 1.54) is 0 Å². The first-order chi connectivity index (χ1) is 4.43. The SMILES string of the molecule is CCNc1ccnnc1. The van der Waals surface area contributed by atoms with E-state index in [4.69, 9.17) is 0 Å². The highest BCUT2D eigenvalue weighted by Crippen LogP contribution is 1.98. The second-order valence-corrected chi connectivity index (χ2v) is 1.66. The number of nitrogens with one attached hydrogen (secondary N) is 1. The Bertz CT molecular complexity index is 161. The van der Waals surface area contributed by atoms with Crippen molar-refractivity contribution in [1.82, 2.24) is 10.2 Å². The standard InChI is InChI=1S/C6H9N3/c1-2-7-6-3-4-8-9-5-6/h3-5H,2H2,1H3,(H,7,8). The monoisotopic (exact) mass is 123 g/mol. The van der Waals surface area contributed by atoms with Crippen LogP contribution in [0, 0.1) is 0 Å². The van der Waals surface area contributed by atoms with Gasteiger partial charge in [0.25, 0.3) is 0 Å². The smallest absolute Gasteiger partial charge is 0.0727 e. The average molecular weight is 123 g/mol. The van der Waals surface area contributed by atoms with Crippen LogP contribution in [0.5, 0.6) is 0 Å². The van der Waals surface area contributed by atoms with Crippen LogP contribution < -0.4 is 5.32 Å². The van der Waals surface area contributed by atoms with Gasteiger partial charge < -0.3 is 5.32 Å². The molecule has 0 amide bonds. The highest BCUT2D eigenvalue weighted by molar-refractivity contribution is 5.37. The normalized spacial score (nSPS) is 9.00. The van der Waals surface area contributed by atoms with Gasteiger partial charge in [-0.3, -0.25) is 0 Å². The van der Waals surface area contributed by atoms with Crippen molar-refractivity contribution < 1.29 is 0 Å². The van der Waals surface area contributed by atoms with Crippen molar-refractivity contribution >= 4 is 5.69 Å².